The molecule has 10 heteroatoms. The van der Waals surface area contributed by atoms with Crippen LogP contribution in [-0.2, 0) is 0 Å². The van der Waals surface area contributed by atoms with E-state index in [9.17, 15) is 9.50 Å². The minimum Gasteiger partial charge on any atom is -0.374 e. The van der Waals surface area contributed by atoms with E-state index in [1.54, 1.807) is 49.1 Å². The van der Waals surface area contributed by atoms with Crippen LogP contribution in [0.2, 0.25) is 0 Å². The number of aliphatic hydroxyl groups is 1. The van der Waals surface area contributed by atoms with Gasteiger partial charge in [-0.3, -0.25) is 20.1 Å². The lowest BCUT2D eigenvalue weighted by Crippen LogP contribution is -2.24. The van der Waals surface area contributed by atoms with Crippen LogP contribution in [0.15, 0.2) is 67.3 Å². The molecule has 5 heterocycles. The fourth-order valence-electron chi connectivity index (χ4n) is 4.15. The van der Waals surface area contributed by atoms with Crippen LogP contribution >= 0.6 is 0 Å². The third-order valence-corrected chi connectivity index (χ3v) is 6.18. The van der Waals surface area contributed by atoms with Gasteiger partial charge in [-0.1, -0.05) is 26.0 Å². The van der Waals surface area contributed by atoms with Crippen molar-refractivity contribution in [3.8, 4) is 34.0 Å². The van der Waals surface area contributed by atoms with Crippen molar-refractivity contribution in [2.45, 2.75) is 20.1 Å². The zero-order valence-electron chi connectivity index (χ0n) is 20.1. The summed E-state index contributed by atoms with van der Waals surface area (Å²) in [4.78, 5) is 21.3. The standard InChI is InChI=1S/C27H23FN8O/c1-14(2)27(37)32-16-9-15(11-29-12-16)21-10-18-22(13-31-21)35-36-24(18)26-33-20-7-8-30-23(25(20)34-26)17-5-3-4-6-19(17)28/h3-14,27,32,37H,1-2H3,(H,33,34)(H,35,36). The molecule has 0 radical (unpaired) electrons. The van der Waals surface area contributed by atoms with Crippen molar-refractivity contribution in [3.63, 3.8) is 0 Å². The summed E-state index contributed by atoms with van der Waals surface area (Å²) >= 11 is 0. The van der Waals surface area contributed by atoms with Crippen molar-refractivity contribution in [2.24, 2.45) is 5.92 Å². The molecule has 37 heavy (non-hydrogen) atoms. The smallest absolute Gasteiger partial charge is 0.159 e. The van der Waals surface area contributed by atoms with Crippen molar-refractivity contribution in [2.75, 3.05) is 5.32 Å². The van der Waals surface area contributed by atoms with E-state index in [1.165, 1.54) is 6.07 Å². The van der Waals surface area contributed by atoms with Gasteiger partial charge in [0.1, 0.15) is 28.9 Å². The molecule has 1 atom stereocenters. The monoisotopic (exact) mass is 494 g/mol. The largest absolute Gasteiger partial charge is 0.374 e. The maximum Gasteiger partial charge on any atom is 0.159 e. The molecule has 0 aliphatic rings. The Bertz CT molecular complexity index is 1740. The number of aromatic amines is 2. The molecule has 9 nitrogen and oxygen atoms in total. The van der Waals surface area contributed by atoms with Gasteiger partial charge in [-0.2, -0.15) is 5.10 Å². The van der Waals surface area contributed by atoms with Crippen LogP contribution in [0, 0.1) is 11.7 Å². The van der Waals surface area contributed by atoms with Crippen molar-refractivity contribution in [1.29, 1.82) is 0 Å². The molecule has 6 aromatic rings. The van der Waals surface area contributed by atoms with Gasteiger partial charge in [-0.25, -0.2) is 9.37 Å². The first kappa shape index (κ1) is 22.7. The van der Waals surface area contributed by atoms with E-state index < -0.39 is 6.23 Å². The number of anilines is 1. The van der Waals surface area contributed by atoms with E-state index in [-0.39, 0.29) is 11.7 Å². The maximum absolute atomic E-state index is 14.5. The van der Waals surface area contributed by atoms with Gasteiger partial charge in [0.2, 0.25) is 0 Å². The van der Waals surface area contributed by atoms with Crippen LogP contribution in [0.1, 0.15) is 13.8 Å². The number of H-pyrrole nitrogens is 2. The first-order chi connectivity index (χ1) is 18.0. The number of fused-ring (bicyclic) bond motifs is 2. The highest BCUT2D eigenvalue weighted by molar-refractivity contribution is 5.96. The van der Waals surface area contributed by atoms with Gasteiger partial charge in [0.15, 0.2) is 5.82 Å². The van der Waals surface area contributed by atoms with E-state index in [0.29, 0.717) is 39.7 Å². The zero-order chi connectivity index (χ0) is 25.5. The lowest BCUT2D eigenvalue weighted by molar-refractivity contribution is 0.153. The molecule has 5 aromatic heterocycles. The Morgan fingerprint density at radius 2 is 1.84 bits per heavy atom. The number of hydrogen-bond donors (Lipinski definition) is 4. The predicted molar refractivity (Wildman–Crippen MR) is 140 cm³/mol. The summed E-state index contributed by atoms with van der Waals surface area (Å²) in [7, 11) is 0. The van der Waals surface area contributed by atoms with Gasteiger partial charge >= 0.3 is 0 Å². The van der Waals surface area contributed by atoms with E-state index in [0.717, 1.165) is 22.0 Å². The van der Waals surface area contributed by atoms with Crippen LogP contribution in [-0.4, -0.2) is 46.5 Å². The molecule has 0 saturated heterocycles. The Morgan fingerprint density at radius 1 is 0.973 bits per heavy atom. The normalized spacial score (nSPS) is 12.5. The van der Waals surface area contributed by atoms with Gasteiger partial charge < -0.3 is 15.4 Å². The highest BCUT2D eigenvalue weighted by atomic mass is 19.1. The SMILES string of the molecule is CC(C)C(O)Nc1cncc(-c2cc3c(-c4nc5c(-c6ccccc6F)nccc5[nH]4)n[nH]c3cn2)c1. The molecule has 1 unspecified atom stereocenters. The Balaban J connectivity index is 1.42. The first-order valence-corrected chi connectivity index (χ1v) is 11.8. The molecule has 1 aromatic carbocycles. The molecule has 6 rings (SSSR count). The Hall–Kier alpha value is -4.70. The number of hydrogen-bond acceptors (Lipinski definition) is 7. The summed E-state index contributed by atoms with van der Waals surface area (Å²) in [5.41, 5.74) is 5.63. The number of aromatic nitrogens is 7. The third-order valence-electron chi connectivity index (χ3n) is 6.18. The van der Waals surface area contributed by atoms with E-state index >= 15 is 0 Å². The number of aliphatic hydroxyl groups excluding tert-OH is 1. The van der Waals surface area contributed by atoms with E-state index in [2.05, 4.69) is 35.5 Å². The second-order valence-corrected chi connectivity index (χ2v) is 9.10. The quantitative estimate of drug-likeness (QED) is 0.236. The Morgan fingerprint density at radius 3 is 2.68 bits per heavy atom. The van der Waals surface area contributed by atoms with Crippen LogP contribution in [0.25, 0.3) is 56.0 Å². The summed E-state index contributed by atoms with van der Waals surface area (Å²) < 4.78 is 14.5. The molecule has 0 spiro atoms. The summed E-state index contributed by atoms with van der Waals surface area (Å²) in [5, 5.41) is 21.5. The van der Waals surface area contributed by atoms with Crippen LogP contribution in [0.3, 0.4) is 0 Å². The summed E-state index contributed by atoms with van der Waals surface area (Å²) in [6, 6.07) is 12.1. The maximum atomic E-state index is 14.5. The topological polar surface area (TPSA) is 128 Å². The molecular formula is C27H23FN8O. The molecule has 0 bridgehead atoms. The minimum absolute atomic E-state index is 0.0459. The van der Waals surface area contributed by atoms with Crippen molar-refractivity contribution < 1.29 is 9.50 Å². The second kappa shape index (κ2) is 9.07. The molecule has 0 saturated carbocycles. The summed E-state index contributed by atoms with van der Waals surface area (Å²) in [6.07, 6.45) is 6.02. The van der Waals surface area contributed by atoms with Gasteiger partial charge in [0, 0.05) is 28.9 Å². The average Bonchev–Trinajstić information content (AvgIpc) is 3.53. The number of halogens is 1. The van der Waals surface area contributed by atoms with Gasteiger partial charge in [0.25, 0.3) is 0 Å². The summed E-state index contributed by atoms with van der Waals surface area (Å²) in [6.45, 7) is 3.86. The highest BCUT2D eigenvalue weighted by Crippen LogP contribution is 2.32. The number of imidazole rings is 1. The molecule has 0 fully saturated rings. The number of rotatable bonds is 6. The highest BCUT2D eigenvalue weighted by Gasteiger charge is 2.18. The summed E-state index contributed by atoms with van der Waals surface area (Å²) in [5.74, 6) is 0.210. The predicted octanol–water partition coefficient (Wildman–Crippen LogP) is 5.15. The Kier molecular flexibility index (Phi) is 5.57. The minimum atomic E-state index is -0.690. The fraction of sp³-hybridized carbons (Fsp3) is 0.148. The molecule has 184 valence electrons. The van der Waals surface area contributed by atoms with E-state index in [1.807, 2.05) is 26.0 Å². The van der Waals surface area contributed by atoms with Crippen molar-refractivity contribution in [1.82, 2.24) is 35.1 Å². The molecule has 0 aliphatic heterocycles. The lowest BCUT2D eigenvalue weighted by Gasteiger charge is -2.17. The zero-order valence-corrected chi connectivity index (χ0v) is 20.1. The van der Waals surface area contributed by atoms with Crippen molar-refractivity contribution >= 4 is 27.6 Å². The van der Waals surface area contributed by atoms with Gasteiger partial charge in [-0.15, -0.1) is 0 Å². The average molecular weight is 495 g/mol. The number of pyridine rings is 3. The number of nitrogens with zero attached hydrogens (tertiary/aromatic N) is 5. The molecule has 0 amide bonds. The number of benzene rings is 1. The molecular weight excluding hydrogens is 471 g/mol. The van der Waals surface area contributed by atoms with Crippen LogP contribution in [0.4, 0.5) is 10.1 Å². The Labute approximate surface area is 210 Å². The van der Waals surface area contributed by atoms with Crippen molar-refractivity contribution in [3.05, 3.63) is 73.1 Å². The number of nitrogens with one attached hydrogen (secondary N) is 3. The first-order valence-electron chi connectivity index (χ1n) is 11.8. The lowest BCUT2D eigenvalue weighted by atomic mass is 10.1. The van der Waals surface area contributed by atoms with E-state index in [4.69, 9.17) is 4.98 Å². The molecule has 0 aliphatic carbocycles. The van der Waals surface area contributed by atoms with Crippen LogP contribution < -0.4 is 5.32 Å². The van der Waals surface area contributed by atoms with Gasteiger partial charge in [-0.05, 0) is 36.2 Å². The fourth-order valence-corrected chi connectivity index (χ4v) is 4.15. The van der Waals surface area contributed by atoms with Gasteiger partial charge in [0.05, 0.1) is 34.8 Å². The molecule has 4 N–H and O–H groups in total. The second-order valence-electron chi connectivity index (χ2n) is 9.10. The third kappa shape index (κ3) is 4.17. The van der Waals surface area contributed by atoms with Crippen LogP contribution in [0.5, 0.6) is 0 Å².